The number of nitrogens with one attached hydrogen (secondary N) is 2. The van der Waals surface area contributed by atoms with Crippen molar-refractivity contribution in [1.29, 1.82) is 0 Å². The van der Waals surface area contributed by atoms with E-state index in [9.17, 15) is 27.1 Å². The van der Waals surface area contributed by atoms with Crippen molar-refractivity contribution in [2.24, 2.45) is 0 Å². The van der Waals surface area contributed by atoms with Gasteiger partial charge in [0.2, 0.25) is 10.0 Å². The second-order valence-electron chi connectivity index (χ2n) is 10.9. The van der Waals surface area contributed by atoms with E-state index in [1.807, 2.05) is 19.2 Å². The quantitative estimate of drug-likeness (QED) is 0.293. The Labute approximate surface area is 250 Å². The Morgan fingerprint density at radius 3 is 2.58 bits per heavy atom. The van der Waals surface area contributed by atoms with Gasteiger partial charge in [0.05, 0.1) is 11.2 Å². The highest BCUT2D eigenvalue weighted by Crippen LogP contribution is 2.30. The molecule has 0 aliphatic carbocycles. The molecule has 0 radical (unpaired) electrons. The number of hydrogen-bond donors (Lipinski definition) is 3. The Morgan fingerprint density at radius 1 is 1.12 bits per heavy atom. The third kappa shape index (κ3) is 7.06. The minimum Gasteiger partial charge on any atom is -0.516 e. The van der Waals surface area contributed by atoms with E-state index in [4.69, 9.17) is 0 Å². The number of aliphatic hydroxyl groups excluding tert-OH is 1. The zero-order valence-corrected chi connectivity index (χ0v) is 24.8. The van der Waals surface area contributed by atoms with E-state index in [0.29, 0.717) is 34.9 Å². The predicted molar refractivity (Wildman–Crippen MR) is 160 cm³/mol. The third-order valence-corrected chi connectivity index (χ3v) is 9.84. The fourth-order valence-corrected chi connectivity index (χ4v) is 7.02. The second kappa shape index (κ2) is 13.2. The van der Waals surface area contributed by atoms with Crippen LogP contribution >= 0.6 is 0 Å². The average Bonchev–Trinajstić information content (AvgIpc) is 3.40. The van der Waals surface area contributed by atoms with Gasteiger partial charge in [-0.15, -0.1) is 0 Å². The van der Waals surface area contributed by atoms with Crippen molar-refractivity contribution in [1.82, 2.24) is 19.4 Å². The van der Waals surface area contributed by atoms with Crippen molar-refractivity contribution < 1.29 is 27.1 Å². The molecule has 1 aromatic heterocycles. The number of amides is 1. The van der Waals surface area contributed by atoms with Crippen molar-refractivity contribution in [3.8, 4) is 0 Å². The molecule has 2 aliphatic rings. The number of aromatic nitrogens is 2. The van der Waals surface area contributed by atoms with E-state index < -0.39 is 32.5 Å². The number of carbonyl (C=O) groups is 1. The van der Waals surface area contributed by atoms with Gasteiger partial charge in [0.25, 0.3) is 5.91 Å². The first-order chi connectivity index (χ1) is 20.7. The van der Waals surface area contributed by atoms with Crippen molar-refractivity contribution >= 4 is 27.4 Å². The Hall–Kier alpha value is -3.81. The van der Waals surface area contributed by atoms with E-state index in [0.717, 1.165) is 54.6 Å². The lowest BCUT2D eigenvalue weighted by Gasteiger charge is -2.29. The van der Waals surface area contributed by atoms with E-state index in [1.54, 1.807) is 12.1 Å². The summed E-state index contributed by atoms with van der Waals surface area (Å²) in [5.74, 6) is -2.24. The maximum absolute atomic E-state index is 13.8. The summed E-state index contributed by atoms with van der Waals surface area (Å²) in [6.07, 6.45) is 6.83. The smallest absolute Gasteiger partial charge is 0.257 e. The van der Waals surface area contributed by atoms with Gasteiger partial charge in [-0.1, -0.05) is 6.42 Å². The van der Waals surface area contributed by atoms with Crippen LogP contribution in [0, 0.1) is 11.6 Å². The average molecular weight is 615 g/mol. The van der Waals surface area contributed by atoms with Crippen LogP contribution in [0.3, 0.4) is 0 Å². The van der Waals surface area contributed by atoms with Crippen molar-refractivity contribution in [2.75, 3.05) is 50.0 Å². The number of nitrogens with zero attached hydrogens (tertiary/aromatic N) is 4. The number of likely N-dealkylation sites (tertiary alicyclic amines) is 1. The van der Waals surface area contributed by atoms with E-state index in [1.165, 1.54) is 19.3 Å². The summed E-state index contributed by atoms with van der Waals surface area (Å²) in [7, 11) is -2.19. The number of aliphatic hydroxyl groups is 1. The molecule has 0 saturated carbocycles. The molecule has 5 rings (SSSR count). The zero-order valence-electron chi connectivity index (χ0n) is 24.0. The van der Waals surface area contributed by atoms with Gasteiger partial charge in [-0.3, -0.25) is 9.89 Å². The molecule has 43 heavy (non-hydrogen) atoms. The highest BCUT2D eigenvalue weighted by molar-refractivity contribution is 7.89. The number of H-pyrrole nitrogens is 1. The molecule has 2 aliphatic heterocycles. The van der Waals surface area contributed by atoms with Gasteiger partial charge in [-0.25, -0.2) is 17.2 Å². The fourth-order valence-electron chi connectivity index (χ4n) is 5.57. The number of halogens is 2. The van der Waals surface area contributed by atoms with Crippen LogP contribution in [0.5, 0.6) is 0 Å². The number of anilines is 2. The van der Waals surface area contributed by atoms with Gasteiger partial charge in [-0.2, -0.15) is 9.40 Å². The van der Waals surface area contributed by atoms with Gasteiger partial charge in [0, 0.05) is 68.2 Å². The largest absolute Gasteiger partial charge is 0.516 e. The van der Waals surface area contributed by atoms with E-state index in [2.05, 4.69) is 25.3 Å². The Balaban J connectivity index is 1.32. The van der Waals surface area contributed by atoms with Crippen molar-refractivity contribution in [2.45, 2.75) is 43.5 Å². The number of aromatic amines is 1. The van der Waals surface area contributed by atoms with Crippen molar-refractivity contribution in [3.63, 3.8) is 0 Å². The van der Waals surface area contributed by atoms with Gasteiger partial charge in [0.1, 0.15) is 11.6 Å². The standard InChI is InChI=1S/C30H36F2N6O4S/c1-36(13-14-37-10-3-2-4-11-37)24-7-8-26(21(16-24)6-5-15-39)30(40)33-29-27-20-38(12-9-28(27)34-35-29)43(41,42)25-18-22(31)17-23(32)19-25/h5,7-8,15-19,39H,2-4,6,9-14,20H2,1H3,(H2,33,34,35,40)/b15-5+. The summed E-state index contributed by atoms with van der Waals surface area (Å²) in [6, 6.07) is 7.71. The number of fused-ring (bicyclic) bond motifs is 1. The number of carbonyl (C=O) groups excluding carboxylic acids is 1. The Bertz CT molecular complexity index is 1580. The molecule has 2 aromatic carbocycles. The highest BCUT2D eigenvalue weighted by atomic mass is 32.2. The molecule has 0 atom stereocenters. The molecule has 1 amide bonds. The first-order valence-electron chi connectivity index (χ1n) is 14.3. The van der Waals surface area contributed by atoms with Gasteiger partial charge in [0.15, 0.2) is 5.82 Å². The topological polar surface area (TPSA) is 122 Å². The van der Waals surface area contributed by atoms with E-state index in [-0.39, 0.29) is 25.3 Å². The lowest BCUT2D eigenvalue weighted by Crippen LogP contribution is -2.36. The normalized spacial score (nSPS) is 16.3. The van der Waals surface area contributed by atoms with Gasteiger partial charge >= 0.3 is 0 Å². The van der Waals surface area contributed by atoms with Crippen LogP contribution in [0.25, 0.3) is 0 Å². The lowest BCUT2D eigenvalue weighted by atomic mass is 10.0. The van der Waals surface area contributed by atoms with Crippen LogP contribution in [0.1, 0.15) is 46.4 Å². The number of likely N-dealkylation sites (N-methyl/N-ethyl adjacent to an activating group) is 1. The molecule has 1 fully saturated rings. The summed E-state index contributed by atoms with van der Waals surface area (Å²) >= 11 is 0. The third-order valence-electron chi connectivity index (χ3n) is 8.02. The summed E-state index contributed by atoms with van der Waals surface area (Å²) in [4.78, 5) is 17.6. The molecule has 3 aromatic rings. The summed E-state index contributed by atoms with van der Waals surface area (Å²) in [6.45, 7) is 3.96. The molecule has 0 bridgehead atoms. The summed E-state index contributed by atoms with van der Waals surface area (Å²) in [5.41, 5.74) is 3.18. The number of rotatable bonds is 10. The number of benzene rings is 2. The molecule has 0 spiro atoms. The summed E-state index contributed by atoms with van der Waals surface area (Å²) in [5, 5.41) is 19.2. The first-order valence-corrected chi connectivity index (χ1v) is 15.8. The summed E-state index contributed by atoms with van der Waals surface area (Å²) < 4.78 is 55.0. The fraction of sp³-hybridized carbons (Fsp3) is 0.400. The van der Waals surface area contributed by atoms with Crippen molar-refractivity contribution in [3.05, 3.63) is 82.8 Å². The van der Waals surface area contributed by atoms with E-state index >= 15 is 0 Å². The number of hydrogen-bond acceptors (Lipinski definition) is 7. The zero-order chi connectivity index (χ0) is 30.6. The molecule has 230 valence electrons. The molecular weight excluding hydrogens is 578 g/mol. The van der Waals surface area contributed by atoms with Crippen LogP contribution in [-0.4, -0.2) is 78.6 Å². The molecule has 0 unspecified atom stereocenters. The maximum atomic E-state index is 13.8. The van der Waals surface area contributed by atoms with Crippen LogP contribution in [0.2, 0.25) is 0 Å². The highest BCUT2D eigenvalue weighted by Gasteiger charge is 2.32. The maximum Gasteiger partial charge on any atom is 0.257 e. The molecule has 3 heterocycles. The minimum absolute atomic E-state index is 0.0768. The SMILES string of the molecule is CN(CCN1CCCCC1)c1ccc(C(=O)Nc2n[nH]c3c2CN(S(=O)(=O)c2cc(F)cc(F)c2)CC3)c(C/C=C/O)c1. The molecule has 13 heteroatoms. The number of piperidine rings is 1. The Kier molecular flexibility index (Phi) is 9.43. The van der Waals surface area contributed by atoms with Gasteiger partial charge < -0.3 is 20.2 Å². The monoisotopic (exact) mass is 614 g/mol. The lowest BCUT2D eigenvalue weighted by molar-refractivity contribution is 0.102. The van der Waals surface area contributed by atoms with Crippen LogP contribution in [0.15, 0.2) is 53.6 Å². The van der Waals surface area contributed by atoms with Crippen LogP contribution in [0.4, 0.5) is 20.3 Å². The minimum atomic E-state index is -4.21. The number of allylic oxidation sites excluding steroid dienone is 1. The predicted octanol–water partition coefficient (Wildman–Crippen LogP) is 4.22. The molecular formula is C30H36F2N6O4S. The number of sulfonamides is 1. The van der Waals surface area contributed by atoms with Gasteiger partial charge in [-0.05, 0) is 74.3 Å². The molecule has 1 saturated heterocycles. The first kappa shape index (κ1) is 30.6. The Morgan fingerprint density at radius 2 is 1.86 bits per heavy atom. The van der Waals surface area contributed by atoms with Crippen LogP contribution < -0.4 is 10.2 Å². The molecule has 10 nitrogen and oxygen atoms in total. The molecule has 3 N–H and O–H groups in total. The van der Waals surface area contributed by atoms with Crippen LogP contribution in [-0.2, 0) is 29.4 Å². The second-order valence-corrected chi connectivity index (χ2v) is 12.9.